The highest BCUT2D eigenvalue weighted by molar-refractivity contribution is 7.47. The van der Waals surface area contributed by atoms with Crippen LogP contribution in [0.1, 0.15) is 110 Å². The van der Waals surface area contributed by atoms with Gasteiger partial charge in [-0.25, -0.2) is 4.57 Å². The van der Waals surface area contributed by atoms with E-state index < -0.39 is 50.8 Å². The van der Waals surface area contributed by atoms with Gasteiger partial charge in [0.15, 0.2) is 6.10 Å². The number of hydrogen-bond donors (Lipinski definition) is 5. The Hall–Kier alpha value is -2.67. The summed E-state index contributed by atoms with van der Waals surface area (Å²) in [6.07, 6.45) is 28.9. The number of carbonyl (C=O) groups excluding carboxylic acids is 2. The fraction of sp³-hybridized carbons (Fsp3) is 0.641. The Kier molecular flexibility index (Phi) is 32.4. The number of ether oxygens (including phenoxy) is 2. The minimum atomic E-state index is -4.47. The predicted octanol–water partition coefficient (Wildman–Crippen LogP) is 6.84. The number of carbonyl (C=O) groups is 2. The second-order valence-corrected chi connectivity index (χ2v) is 13.7. The number of rotatable bonds is 33. The summed E-state index contributed by atoms with van der Waals surface area (Å²) in [5.41, 5.74) is 5.30. The van der Waals surface area contributed by atoms with Crippen LogP contribution < -0.4 is 5.73 Å². The molecule has 0 spiro atoms. The van der Waals surface area contributed by atoms with Gasteiger partial charge in [-0.05, 0) is 51.4 Å². The molecule has 1 unspecified atom stereocenters. The van der Waals surface area contributed by atoms with E-state index in [0.29, 0.717) is 12.8 Å². The molecule has 0 heterocycles. The highest BCUT2D eigenvalue weighted by Gasteiger charge is 2.26. The van der Waals surface area contributed by atoms with Gasteiger partial charge in [-0.1, -0.05) is 119 Å². The van der Waals surface area contributed by atoms with Crippen molar-refractivity contribution in [2.75, 3.05) is 26.4 Å². The molecule has 6 N–H and O–H groups in total. The van der Waals surface area contributed by atoms with E-state index in [1.807, 2.05) is 19.1 Å². The van der Waals surface area contributed by atoms with Crippen LogP contribution in [-0.2, 0) is 32.7 Å². The summed E-state index contributed by atoms with van der Waals surface area (Å²) in [6, 6.07) is 0. The van der Waals surface area contributed by atoms with Crippen molar-refractivity contribution < 1.29 is 52.9 Å². The van der Waals surface area contributed by atoms with E-state index in [0.717, 1.165) is 44.9 Å². The van der Waals surface area contributed by atoms with Crippen LogP contribution >= 0.6 is 7.82 Å². The largest absolute Gasteiger partial charge is 0.472 e. The number of hydrogen-bond acceptors (Lipinski definition) is 11. The zero-order valence-electron chi connectivity index (χ0n) is 31.3. The molecule has 0 aromatic rings. The number of aliphatic hydroxyl groups is 3. The molecule has 0 aromatic heterocycles. The van der Waals surface area contributed by atoms with Gasteiger partial charge >= 0.3 is 19.8 Å². The monoisotopic (exact) mass is 755 g/mol. The van der Waals surface area contributed by atoms with E-state index in [9.17, 15) is 34.4 Å². The van der Waals surface area contributed by atoms with Crippen molar-refractivity contribution >= 4 is 19.8 Å². The van der Waals surface area contributed by atoms with Gasteiger partial charge in [0.1, 0.15) is 6.61 Å². The van der Waals surface area contributed by atoms with E-state index in [1.54, 1.807) is 42.5 Å². The SMILES string of the molecule is CC/C=C\C[C@H](O)/C=C/C=C/C=C\C=C/[C@@H](O)[C@H](O)CCCC(=O)O[C@H](COC(=O)CCCCCCC/C=C\CCCC)COP(=O)(O)OCCN. The van der Waals surface area contributed by atoms with E-state index in [4.69, 9.17) is 24.3 Å². The number of phosphoric acid groups is 1. The lowest BCUT2D eigenvalue weighted by atomic mass is 10.1. The minimum absolute atomic E-state index is 0.00746. The van der Waals surface area contributed by atoms with Gasteiger partial charge in [0.05, 0.1) is 31.5 Å². The summed E-state index contributed by atoms with van der Waals surface area (Å²) in [6.45, 7) is 3.04. The standard InChI is InChI=1S/C39H66NO11P/c1-3-5-7-8-9-10-11-12-13-18-22-28-38(44)48-32-35(33-50-52(46,47)49-31-30-40)51-39(45)29-23-27-37(43)36(42)26-21-17-15-14-16-20-25-34(41)24-19-6-4-2/h6,8-9,14-17,19-21,25-26,34-37,41-43H,3-5,7,10-13,18,22-24,27-33,40H2,1-2H3,(H,46,47)/b9-8-,16-14+,17-15-,19-6-,25-20+,26-21-/t34-,35+,36+,37+/m0/s1. The zero-order valence-corrected chi connectivity index (χ0v) is 32.2. The van der Waals surface area contributed by atoms with Gasteiger partial charge in [0.2, 0.25) is 0 Å². The van der Waals surface area contributed by atoms with Crippen LogP contribution in [0.15, 0.2) is 72.9 Å². The molecule has 298 valence electrons. The third kappa shape index (κ3) is 32.0. The van der Waals surface area contributed by atoms with Crippen LogP contribution in [0.25, 0.3) is 0 Å². The number of nitrogens with two attached hydrogens (primary N) is 1. The third-order valence-corrected chi connectivity index (χ3v) is 8.40. The van der Waals surface area contributed by atoms with Crippen molar-refractivity contribution in [3.8, 4) is 0 Å². The molecule has 0 aliphatic heterocycles. The minimum Gasteiger partial charge on any atom is -0.462 e. The van der Waals surface area contributed by atoms with Gasteiger partial charge in [-0.2, -0.15) is 0 Å². The second kappa shape index (κ2) is 34.1. The van der Waals surface area contributed by atoms with Crippen LogP contribution in [0, 0.1) is 0 Å². The number of aliphatic hydroxyl groups excluding tert-OH is 3. The van der Waals surface area contributed by atoms with Crippen LogP contribution in [0.5, 0.6) is 0 Å². The lowest BCUT2D eigenvalue weighted by Crippen LogP contribution is -2.30. The predicted molar refractivity (Wildman–Crippen MR) is 205 cm³/mol. The van der Waals surface area contributed by atoms with E-state index in [1.165, 1.54) is 18.9 Å². The van der Waals surface area contributed by atoms with Crippen molar-refractivity contribution in [3.63, 3.8) is 0 Å². The van der Waals surface area contributed by atoms with Crippen molar-refractivity contribution in [3.05, 3.63) is 72.9 Å². The van der Waals surface area contributed by atoms with Gasteiger partial charge in [-0.3, -0.25) is 18.6 Å². The molecular formula is C39H66NO11P. The highest BCUT2D eigenvalue weighted by atomic mass is 31.2. The number of esters is 2. The summed E-state index contributed by atoms with van der Waals surface area (Å²) >= 11 is 0. The maximum absolute atomic E-state index is 12.5. The van der Waals surface area contributed by atoms with Crippen molar-refractivity contribution in [2.24, 2.45) is 5.73 Å². The fourth-order valence-corrected chi connectivity index (χ4v) is 5.25. The Labute approximate surface area is 311 Å². The molecule has 0 rings (SSSR count). The molecule has 0 aliphatic rings. The smallest absolute Gasteiger partial charge is 0.462 e. The van der Waals surface area contributed by atoms with Crippen LogP contribution in [0.4, 0.5) is 0 Å². The summed E-state index contributed by atoms with van der Waals surface area (Å²) in [4.78, 5) is 34.7. The Morgan fingerprint density at radius 2 is 1.37 bits per heavy atom. The molecule has 0 aromatic carbocycles. The lowest BCUT2D eigenvalue weighted by Gasteiger charge is -2.20. The van der Waals surface area contributed by atoms with Crippen molar-refractivity contribution in [1.29, 1.82) is 0 Å². The van der Waals surface area contributed by atoms with E-state index in [2.05, 4.69) is 19.1 Å². The zero-order chi connectivity index (χ0) is 38.7. The first-order valence-corrected chi connectivity index (χ1v) is 20.2. The molecule has 5 atom stereocenters. The first-order valence-electron chi connectivity index (χ1n) is 18.7. The molecule has 52 heavy (non-hydrogen) atoms. The van der Waals surface area contributed by atoms with Crippen molar-refractivity contribution in [1.82, 2.24) is 0 Å². The summed E-state index contributed by atoms with van der Waals surface area (Å²) in [5.74, 6) is -1.18. The molecule has 0 saturated carbocycles. The molecule has 0 bridgehead atoms. The third-order valence-electron chi connectivity index (χ3n) is 7.42. The van der Waals surface area contributed by atoms with E-state index >= 15 is 0 Å². The molecule has 13 heteroatoms. The molecule has 12 nitrogen and oxygen atoms in total. The quantitative estimate of drug-likeness (QED) is 0.0154. The topological polar surface area (TPSA) is 195 Å². The molecule has 0 fully saturated rings. The van der Waals surface area contributed by atoms with E-state index in [-0.39, 0.29) is 45.4 Å². The molecular weight excluding hydrogens is 689 g/mol. The Bertz CT molecular complexity index is 1140. The lowest BCUT2D eigenvalue weighted by molar-refractivity contribution is -0.161. The Balaban J connectivity index is 4.65. The van der Waals surface area contributed by atoms with Gasteiger partial charge in [-0.15, -0.1) is 0 Å². The average Bonchev–Trinajstić information content (AvgIpc) is 3.11. The van der Waals surface area contributed by atoms with Gasteiger partial charge in [0, 0.05) is 19.4 Å². The Morgan fingerprint density at radius 1 is 0.731 bits per heavy atom. The van der Waals surface area contributed by atoms with Crippen LogP contribution in [-0.4, -0.2) is 82.9 Å². The number of allylic oxidation sites excluding steroid dienone is 9. The fourth-order valence-electron chi connectivity index (χ4n) is 4.48. The van der Waals surface area contributed by atoms with Gasteiger partial charge in [0.25, 0.3) is 0 Å². The maximum atomic E-state index is 12.5. The molecule has 0 saturated heterocycles. The molecule has 0 aliphatic carbocycles. The maximum Gasteiger partial charge on any atom is 0.472 e. The Morgan fingerprint density at radius 3 is 2.06 bits per heavy atom. The normalized spacial score (nSPS) is 16.1. The summed E-state index contributed by atoms with van der Waals surface area (Å²) in [7, 11) is -4.47. The van der Waals surface area contributed by atoms with Crippen LogP contribution in [0.3, 0.4) is 0 Å². The summed E-state index contributed by atoms with van der Waals surface area (Å²) in [5, 5.41) is 30.3. The summed E-state index contributed by atoms with van der Waals surface area (Å²) < 4.78 is 32.3. The second-order valence-electron chi connectivity index (χ2n) is 12.3. The van der Waals surface area contributed by atoms with Crippen molar-refractivity contribution in [2.45, 2.75) is 135 Å². The van der Waals surface area contributed by atoms with Gasteiger partial charge < -0.3 is 35.4 Å². The number of phosphoric ester groups is 1. The molecule has 0 radical (unpaired) electrons. The molecule has 0 amide bonds. The van der Waals surface area contributed by atoms with Crippen LogP contribution in [0.2, 0.25) is 0 Å². The number of unbranched alkanes of at least 4 members (excludes halogenated alkanes) is 7. The highest BCUT2D eigenvalue weighted by Crippen LogP contribution is 2.43. The first-order chi connectivity index (χ1) is 25.0. The first kappa shape index (κ1) is 49.3. The average molecular weight is 756 g/mol.